The third-order valence-corrected chi connectivity index (χ3v) is 8.30. The number of aliphatic hydroxyl groups excluding tert-OH is 1. The van der Waals surface area contributed by atoms with Crippen LogP contribution in [0.5, 0.6) is 0 Å². The van der Waals surface area contributed by atoms with Crippen LogP contribution >= 0.6 is 0 Å². The van der Waals surface area contributed by atoms with Crippen LogP contribution in [-0.2, 0) is 0 Å². The molecule has 4 aliphatic rings. The average molecular weight is 288 g/mol. The molecule has 1 spiro atoms. The van der Waals surface area contributed by atoms with Gasteiger partial charge in [-0.25, -0.2) is 0 Å². The Kier molecular flexibility index (Phi) is 2.83. The fraction of sp³-hybridized carbons (Fsp3) is 0.900. The summed E-state index contributed by atoms with van der Waals surface area (Å²) in [7, 11) is 0. The van der Waals surface area contributed by atoms with E-state index in [1.54, 1.807) is 0 Å². The van der Waals surface area contributed by atoms with Gasteiger partial charge in [0.25, 0.3) is 0 Å². The summed E-state index contributed by atoms with van der Waals surface area (Å²) in [6.07, 6.45) is 10.2. The lowest BCUT2D eigenvalue weighted by molar-refractivity contribution is -0.184. The van der Waals surface area contributed by atoms with Crippen molar-refractivity contribution in [2.75, 3.05) is 0 Å². The lowest BCUT2D eigenvalue weighted by atomic mass is 9.41. The molecule has 6 atom stereocenters. The fourth-order valence-corrected chi connectivity index (χ4v) is 7.80. The smallest absolute Gasteiger partial charge is 0.0584 e. The van der Waals surface area contributed by atoms with Crippen LogP contribution in [0.2, 0.25) is 0 Å². The maximum Gasteiger partial charge on any atom is 0.0584 e. The van der Waals surface area contributed by atoms with Crippen molar-refractivity contribution in [2.24, 2.45) is 34.0 Å². The molecule has 1 N–H and O–H groups in total. The second-order valence-corrected chi connectivity index (χ2v) is 9.82. The molecular formula is C20H32O. The highest BCUT2D eigenvalue weighted by Gasteiger charge is 2.65. The molecule has 0 aromatic heterocycles. The van der Waals surface area contributed by atoms with Gasteiger partial charge in [0.15, 0.2) is 0 Å². The molecule has 118 valence electrons. The van der Waals surface area contributed by atoms with E-state index in [4.69, 9.17) is 0 Å². The monoisotopic (exact) mass is 288 g/mol. The molecule has 4 aliphatic carbocycles. The Morgan fingerprint density at radius 2 is 1.90 bits per heavy atom. The van der Waals surface area contributed by atoms with Crippen molar-refractivity contribution < 1.29 is 5.11 Å². The summed E-state index contributed by atoms with van der Waals surface area (Å²) in [4.78, 5) is 0. The van der Waals surface area contributed by atoms with E-state index < -0.39 is 0 Å². The molecule has 0 aromatic carbocycles. The van der Waals surface area contributed by atoms with Gasteiger partial charge in [0.05, 0.1) is 6.10 Å². The predicted octanol–water partition coefficient (Wildman–Crippen LogP) is 4.95. The number of fused-ring (bicyclic) bond motifs is 3. The number of rotatable bonds is 0. The van der Waals surface area contributed by atoms with Crippen LogP contribution in [0.3, 0.4) is 0 Å². The van der Waals surface area contributed by atoms with E-state index in [0.717, 1.165) is 12.3 Å². The highest BCUT2D eigenvalue weighted by atomic mass is 16.3. The lowest BCUT2D eigenvalue weighted by Crippen LogP contribution is -2.59. The highest BCUT2D eigenvalue weighted by molar-refractivity contribution is 5.23. The molecule has 0 aromatic rings. The molecule has 0 saturated heterocycles. The first-order chi connectivity index (χ1) is 9.79. The van der Waals surface area contributed by atoms with Crippen LogP contribution in [0.15, 0.2) is 12.2 Å². The number of hydrogen-bond donors (Lipinski definition) is 1. The van der Waals surface area contributed by atoms with Crippen LogP contribution < -0.4 is 0 Å². The summed E-state index contributed by atoms with van der Waals surface area (Å²) < 4.78 is 0. The Labute approximate surface area is 130 Å². The van der Waals surface area contributed by atoms with Gasteiger partial charge in [0, 0.05) is 0 Å². The van der Waals surface area contributed by atoms with Crippen LogP contribution in [0.25, 0.3) is 0 Å². The molecule has 4 saturated carbocycles. The summed E-state index contributed by atoms with van der Waals surface area (Å²) in [6.45, 7) is 11.9. The summed E-state index contributed by atoms with van der Waals surface area (Å²) in [6, 6.07) is 0. The van der Waals surface area contributed by atoms with Crippen LogP contribution in [0, 0.1) is 34.0 Å². The highest BCUT2D eigenvalue weighted by Crippen LogP contribution is 2.71. The zero-order valence-corrected chi connectivity index (χ0v) is 14.1. The van der Waals surface area contributed by atoms with Gasteiger partial charge in [-0.2, -0.15) is 0 Å². The molecule has 0 amide bonds. The Balaban J connectivity index is 1.78. The maximum absolute atomic E-state index is 11.0. The van der Waals surface area contributed by atoms with E-state index in [0.29, 0.717) is 28.1 Å². The topological polar surface area (TPSA) is 20.2 Å². The lowest BCUT2D eigenvalue weighted by Gasteiger charge is -2.64. The van der Waals surface area contributed by atoms with Gasteiger partial charge >= 0.3 is 0 Å². The number of aliphatic hydroxyl groups is 1. The van der Waals surface area contributed by atoms with Gasteiger partial charge < -0.3 is 5.11 Å². The molecule has 2 bridgehead atoms. The average Bonchev–Trinajstić information content (AvgIpc) is 2.58. The van der Waals surface area contributed by atoms with Gasteiger partial charge in [0.2, 0.25) is 0 Å². The molecule has 21 heavy (non-hydrogen) atoms. The first-order valence-electron chi connectivity index (χ1n) is 9.14. The Hall–Kier alpha value is -0.300. The van der Waals surface area contributed by atoms with Crippen molar-refractivity contribution in [3.05, 3.63) is 12.2 Å². The summed E-state index contributed by atoms with van der Waals surface area (Å²) in [5, 5.41) is 11.0. The molecule has 4 rings (SSSR count). The third-order valence-electron chi connectivity index (χ3n) is 8.30. The van der Waals surface area contributed by atoms with Gasteiger partial charge in [-0.15, -0.1) is 0 Å². The maximum atomic E-state index is 11.0. The van der Waals surface area contributed by atoms with Crippen LogP contribution in [-0.4, -0.2) is 11.2 Å². The summed E-state index contributed by atoms with van der Waals surface area (Å²) in [5.41, 5.74) is 2.67. The predicted molar refractivity (Wildman–Crippen MR) is 86.9 cm³/mol. The van der Waals surface area contributed by atoms with E-state index >= 15 is 0 Å². The van der Waals surface area contributed by atoms with E-state index in [1.165, 1.54) is 50.5 Å². The molecule has 0 heterocycles. The molecule has 1 heteroatoms. The van der Waals surface area contributed by atoms with E-state index in [2.05, 4.69) is 27.4 Å². The Morgan fingerprint density at radius 1 is 1.14 bits per heavy atom. The van der Waals surface area contributed by atoms with Gasteiger partial charge in [-0.3, -0.25) is 0 Å². The van der Waals surface area contributed by atoms with Crippen LogP contribution in [0.1, 0.15) is 72.1 Å². The van der Waals surface area contributed by atoms with Gasteiger partial charge in [-0.1, -0.05) is 39.3 Å². The second-order valence-electron chi connectivity index (χ2n) is 9.82. The molecule has 4 fully saturated rings. The van der Waals surface area contributed by atoms with E-state index in [9.17, 15) is 5.11 Å². The normalized spacial score (nSPS) is 55.0. The summed E-state index contributed by atoms with van der Waals surface area (Å²) >= 11 is 0. The first-order valence-corrected chi connectivity index (χ1v) is 9.14. The molecule has 6 unspecified atom stereocenters. The summed E-state index contributed by atoms with van der Waals surface area (Å²) in [5.74, 6) is 1.95. The number of hydrogen-bond acceptors (Lipinski definition) is 1. The van der Waals surface area contributed by atoms with Crippen molar-refractivity contribution in [1.82, 2.24) is 0 Å². The molecule has 1 nitrogen and oxygen atoms in total. The third kappa shape index (κ3) is 1.73. The van der Waals surface area contributed by atoms with Crippen LogP contribution in [0.4, 0.5) is 0 Å². The SMILES string of the molecule is C=C1CC23CCC4C(C)(C)CCCC4(C)C2C(O)CC1C3. The van der Waals surface area contributed by atoms with Crippen molar-refractivity contribution in [3.8, 4) is 0 Å². The largest absolute Gasteiger partial charge is 0.393 e. The quantitative estimate of drug-likeness (QED) is 0.626. The zero-order chi connectivity index (χ0) is 15.0. The first kappa shape index (κ1) is 14.3. The van der Waals surface area contributed by atoms with Gasteiger partial charge in [0.1, 0.15) is 0 Å². The second kappa shape index (κ2) is 4.16. The van der Waals surface area contributed by atoms with Gasteiger partial charge in [-0.05, 0) is 78.9 Å². The fourth-order valence-electron chi connectivity index (χ4n) is 7.80. The zero-order valence-electron chi connectivity index (χ0n) is 14.1. The minimum Gasteiger partial charge on any atom is -0.393 e. The molecular weight excluding hydrogens is 256 g/mol. The van der Waals surface area contributed by atoms with E-state index in [-0.39, 0.29) is 6.10 Å². The number of allylic oxidation sites excluding steroid dienone is 1. The van der Waals surface area contributed by atoms with Crippen molar-refractivity contribution in [3.63, 3.8) is 0 Å². The minimum absolute atomic E-state index is 0.0790. The Bertz CT molecular complexity index is 478. The Morgan fingerprint density at radius 3 is 2.67 bits per heavy atom. The standard InChI is InChI=1S/C20H32O/c1-13-11-20-9-6-16-18(2,3)7-5-8-19(16,4)17(20)15(21)10-14(13)12-20/h14-17,21H,1,5-12H2,2-4H3. The molecule has 0 radical (unpaired) electrons. The van der Waals surface area contributed by atoms with Crippen molar-refractivity contribution >= 4 is 0 Å². The minimum atomic E-state index is -0.0790. The van der Waals surface area contributed by atoms with Crippen molar-refractivity contribution in [2.45, 2.75) is 78.2 Å². The molecule has 0 aliphatic heterocycles. The van der Waals surface area contributed by atoms with Crippen molar-refractivity contribution in [1.29, 1.82) is 0 Å². The van der Waals surface area contributed by atoms with E-state index in [1.807, 2.05) is 0 Å².